The third-order valence-corrected chi connectivity index (χ3v) is 4.83. The molecule has 0 fully saturated rings. The van der Waals surface area contributed by atoms with E-state index in [2.05, 4.69) is 37.8 Å². The Bertz CT molecular complexity index is 777. The number of phenolic OH excluding ortho intramolecular Hbond substituents is 1. The molecule has 1 aromatic rings. The van der Waals surface area contributed by atoms with E-state index in [4.69, 9.17) is 0 Å². The molecule has 1 atom stereocenters. The topological polar surface area (TPSA) is 64.9 Å². The van der Waals surface area contributed by atoms with Crippen molar-refractivity contribution in [2.24, 2.45) is 11.0 Å². The summed E-state index contributed by atoms with van der Waals surface area (Å²) in [7, 11) is 0. The van der Waals surface area contributed by atoms with E-state index in [-0.39, 0.29) is 17.6 Å². The molecular formula is C21H29N3O2. The smallest absolute Gasteiger partial charge is 0.275 e. The van der Waals surface area contributed by atoms with Gasteiger partial charge in [0, 0.05) is 5.70 Å². The first kappa shape index (κ1) is 19.8. The molecule has 5 nitrogen and oxygen atoms in total. The van der Waals surface area contributed by atoms with Gasteiger partial charge in [0.25, 0.3) is 5.91 Å². The Morgan fingerprint density at radius 1 is 1.38 bits per heavy atom. The second-order valence-electron chi connectivity index (χ2n) is 6.89. The number of benzene rings is 1. The van der Waals surface area contributed by atoms with Crippen molar-refractivity contribution in [1.82, 2.24) is 10.3 Å². The third-order valence-electron chi connectivity index (χ3n) is 4.83. The maximum absolute atomic E-state index is 12.9. The molecule has 26 heavy (non-hydrogen) atoms. The van der Waals surface area contributed by atoms with Crippen LogP contribution in [-0.4, -0.2) is 21.9 Å². The van der Waals surface area contributed by atoms with Crippen molar-refractivity contribution in [2.75, 3.05) is 0 Å². The number of carbonyl (C=O) groups excluding carboxylic acids is 1. The first-order valence-electron chi connectivity index (χ1n) is 9.18. The summed E-state index contributed by atoms with van der Waals surface area (Å²) in [5.41, 5.74) is 3.77. The van der Waals surface area contributed by atoms with Gasteiger partial charge in [0.15, 0.2) is 5.84 Å². The van der Waals surface area contributed by atoms with Crippen molar-refractivity contribution in [3.63, 3.8) is 0 Å². The Labute approximate surface area is 156 Å². The highest BCUT2D eigenvalue weighted by atomic mass is 16.3. The maximum atomic E-state index is 12.9. The number of aryl methyl sites for hydroxylation is 1. The van der Waals surface area contributed by atoms with Crippen molar-refractivity contribution in [1.29, 1.82) is 0 Å². The molecule has 2 N–H and O–H groups in total. The van der Waals surface area contributed by atoms with Gasteiger partial charge in [0.1, 0.15) is 11.4 Å². The molecule has 0 saturated carbocycles. The first-order chi connectivity index (χ1) is 12.3. The molecule has 1 unspecified atom stereocenters. The minimum Gasteiger partial charge on any atom is -0.507 e. The summed E-state index contributed by atoms with van der Waals surface area (Å²) in [6, 6.07) is 5.24. The number of allylic oxidation sites excluding steroid dienone is 2. The standard InChI is InChI=1S/C21H29N3O2/c1-7-9-15(5)24-19(16(6)14(4)8-2)21(26)22-20(23-24)17-12-13(3)10-11-18(17)25/h10-12,14,25H,5,7-9H2,1-4,6H3,(H,22,23,26)/b19-16-. The van der Waals surface area contributed by atoms with Gasteiger partial charge in [-0.3, -0.25) is 4.79 Å². The third kappa shape index (κ3) is 3.98. The van der Waals surface area contributed by atoms with Gasteiger partial charge in [-0.2, -0.15) is 0 Å². The van der Waals surface area contributed by atoms with E-state index < -0.39 is 0 Å². The van der Waals surface area contributed by atoms with Crippen LogP contribution in [-0.2, 0) is 4.79 Å². The molecule has 5 heteroatoms. The van der Waals surface area contributed by atoms with Gasteiger partial charge in [-0.05, 0) is 50.3 Å². The summed E-state index contributed by atoms with van der Waals surface area (Å²) in [4.78, 5) is 12.9. The average molecular weight is 355 g/mol. The van der Waals surface area contributed by atoms with E-state index in [0.29, 0.717) is 17.1 Å². The largest absolute Gasteiger partial charge is 0.507 e. The number of phenols is 1. The highest BCUT2D eigenvalue weighted by Crippen LogP contribution is 2.29. The summed E-state index contributed by atoms with van der Waals surface area (Å²) in [6.07, 6.45) is 2.58. The summed E-state index contributed by atoms with van der Waals surface area (Å²) >= 11 is 0. The molecule has 2 rings (SSSR count). The van der Waals surface area contributed by atoms with Crippen LogP contribution in [0.2, 0.25) is 0 Å². The van der Waals surface area contributed by atoms with E-state index in [1.807, 2.05) is 26.0 Å². The lowest BCUT2D eigenvalue weighted by Gasteiger charge is -2.31. The van der Waals surface area contributed by atoms with Gasteiger partial charge in [-0.25, -0.2) is 5.01 Å². The molecule has 1 aromatic carbocycles. The molecule has 0 bridgehead atoms. The minimum atomic E-state index is -0.217. The fourth-order valence-corrected chi connectivity index (χ4v) is 2.91. The zero-order valence-corrected chi connectivity index (χ0v) is 16.4. The number of rotatable bonds is 6. The zero-order chi connectivity index (χ0) is 19.4. The van der Waals surface area contributed by atoms with Crippen molar-refractivity contribution >= 4 is 11.7 Å². The fourth-order valence-electron chi connectivity index (χ4n) is 2.91. The lowest BCUT2D eigenvalue weighted by Crippen LogP contribution is -2.44. The Morgan fingerprint density at radius 3 is 2.69 bits per heavy atom. The van der Waals surface area contributed by atoms with Crippen LogP contribution in [0.4, 0.5) is 0 Å². The molecular weight excluding hydrogens is 326 g/mol. The quantitative estimate of drug-likeness (QED) is 0.742. The Hall–Kier alpha value is -2.56. The van der Waals surface area contributed by atoms with Gasteiger partial charge in [-0.15, -0.1) is 5.10 Å². The molecule has 140 valence electrons. The number of carbonyl (C=O) groups is 1. The van der Waals surface area contributed by atoms with Crippen LogP contribution in [0, 0.1) is 12.8 Å². The monoisotopic (exact) mass is 355 g/mol. The van der Waals surface area contributed by atoms with E-state index in [1.165, 1.54) is 0 Å². The van der Waals surface area contributed by atoms with Crippen molar-refractivity contribution in [3.05, 3.63) is 52.9 Å². The van der Waals surface area contributed by atoms with Gasteiger partial charge in [0.05, 0.1) is 5.56 Å². The minimum absolute atomic E-state index is 0.0850. The Balaban J connectivity index is 2.60. The maximum Gasteiger partial charge on any atom is 0.275 e. The molecule has 0 saturated heterocycles. The fraction of sp³-hybridized carbons (Fsp3) is 0.429. The second kappa shape index (κ2) is 8.21. The molecule has 1 aliphatic rings. The Kier molecular flexibility index (Phi) is 6.24. The van der Waals surface area contributed by atoms with Crippen molar-refractivity contribution < 1.29 is 9.90 Å². The summed E-state index contributed by atoms with van der Waals surface area (Å²) < 4.78 is 0. The predicted molar refractivity (Wildman–Crippen MR) is 106 cm³/mol. The molecule has 0 radical (unpaired) electrons. The number of amides is 1. The van der Waals surface area contributed by atoms with E-state index >= 15 is 0 Å². The van der Waals surface area contributed by atoms with Gasteiger partial charge in [-0.1, -0.05) is 45.4 Å². The van der Waals surface area contributed by atoms with Crippen molar-refractivity contribution in [3.8, 4) is 5.75 Å². The lowest BCUT2D eigenvalue weighted by atomic mass is 9.96. The predicted octanol–water partition coefficient (Wildman–Crippen LogP) is 4.43. The summed E-state index contributed by atoms with van der Waals surface area (Å²) in [5.74, 6) is 0.471. The number of hydrogen-bond acceptors (Lipinski definition) is 4. The SMILES string of the molecule is C=C(CCC)N1N=C(c2cc(C)ccc2O)NC(=O)/C1=C(\C)C(C)CC. The lowest BCUT2D eigenvalue weighted by molar-refractivity contribution is -0.118. The zero-order valence-electron chi connectivity index (χ0n) is 16.4. The van der Waals surface area contributed by atoms with Crippen molar-refractivity contribution in [2.45, 2.75) is 53.9 Å². The summed E-state index contributed by atoms with van der Waals surface area (Å²) in [6.45, 7) is 14.3. The Morgan fingerprint density at radius 2 is 2.08 bits per heavy atom. The van der Waals surface area contributed by atoms with E-state index in [1.54, 1.807) is 11.1 Å². The molecule has 0 spiro atoms. The molecule has 1 heterocycles. The van der Waals surface area contributed by atoms with Gasteiger partial charge < -0.3 is 10.4 Å². The number of amidine groups is 1. The average Bonchev–Trinajstić information content (AvgIpc) is 2.61. The second-order valence-corrected chi connectivity index (χ2v) is 6.89. The molecule has 0 aromatic heterocycles. The molecule has 1 amide bonds. The van der Waals surface area contributed by atoms with Crippen LogP contribution in [0.3, 0.4) is 0 Å². The van der Waals surface area contributed by atoms with Crippen LogP contribution in [0.1, 0.15) is 58.1 Å². The number of hydrazone groups is 1. The number of aromatic hydroxyl groups is 1. The number of nitrogens with zero attached hydrogens (tertiary/aromatic N) is 2. The van der Waals surface area contributed by atoms with E-state index in [0.717, 1.165) is 36.1 Å². The summed E-state index contributed by atoms with van der Waals surface area (Å²) in [5, 5.41) is 19.4. The van der Waals surface area contributed by atoms with E-state index in [9.17, 15) is 9.90 Å². The highest BCUT2D eigenvalue weighted by Gasteiger charge is 2.30. The van der Waals surface area contributed by atoms with Crippen LogP contribution in [0.5, 0.6) is 5.75 Å². The van der Waals surface area contributed by atoms with Gasteiger partial charge >= 0.3 is 0 Å². The molecule has 1 aliphatic heterocycles. The highest BCUT2D eigenvalue weighted by molar-refractivity contribution is 6.15. The van der Waals surface area contributed by atoms with Crippen LogP contribution in [0.15, 0.2) is 46.8 Å². The first-order valence-corrected chi connectivity index (χ1v) is 9.18. The van der Waals surface area contributed by atoms with Gasteiger partial charge in [0.2, 0.25) is 0 Å². The normalized spacial score (nSPS) is 17.5. The number of hydrogen-bond donors (Lipinski definition) is 2. The van der Waals surface area contributed by atoms with Crippen LogP contribution >= 0.6 is 0 Å². The van der Waals surface area contributed by atoms with Crippen LogP contribution in [0.25, 0.3) is 0 Å². The molecule has 0 aliphatic carbocycles. The van der Waals surface area contributed by atoms with Crippen LogP contribution < -0.4 is 5.32 Å². The number of nitrogens with one attached hydrogen (secondary N) is 1.